The number of fused-ring (bicyclic) bond motifs is 1. The van der Waals surface area contributed by atoms with Gasteiger partial charge in [0.2, 0.25) is 0 Å². The Morgan fingerprint density at radius 3 is 2.53 bits per heavy atom. The molecule has 1 saturated heterocycles. The molecule has 0 radical (unpaired) electrons. The standard InChI is InChI=1S/C27H33N3O4/c1-6-30(21-10-8-7-9-19(21)26(32)28-33-5)22-16-18(2)15-20-23(31)17-24(34-25(20)22)29-13-11-27(3,4)12-14-29/h7-10,15-17H,6,11-14H2,1-5H3,(H,28,32). The van der Waals surface area contributed by atoms with Gasteiger partial charge in [0, 0.05) is 25.7 Å². The van der Waals surface area contributed by atoms with Gasteiger partial charge in [-0.1, -0.05) is 26.0 Å². The molecule has 1 N–H and O–H groups in total. The van der Waals surface area contributed by atoms with Crippen LogP contribution in [0.4, 0.5) is 17.3 Å². The summed E-state index contributed by atoms with van der Waals surface area (Å²) in [6, 6.07) is 12.8. The number of para-hydroxylation sites is 1. The van der Waals surface area contributed by atoms with Crippen molar-refractivity contribution in [3.05, 3.63) is 63.8 Å². The summed E-state index contributed by atoms with van der Waals surface area (Å²) in [6.45, 7) is 10.8. The number of benzene rings is 2. The lowest BCUT2D eigenvalue weighted by Crippen LogP contribution is -2.37. The molecule has 34 heavy (non-hydrogen) atoms. The number of piperidine rings is 1. The average Bonchev–Trinajstić information content (AvgIpc) is 2.80. The number of aryl methyl sites for hydroxylation is 1. The van der Waals surface area contributed by atoms with Gasteiger partial charge in [-0.15, -0.1) is 0 Å². The Labute approximate surface area is 200 Å². The second-order valence-electron chi connectivity index (χ2n) is 9.66. The van der Waals surface area contributed by atoms with E-state index in [0.29, 0.717) is 40.1 Å². The van der Waals surface area contributed by atoms with Crippen LogP contribution in [0, 0.1) is 12.3 Å². The van der Waals surface area contributed by atoms with E-state index >= 15 is 0 Å². The Bertz CT molecular complexity index is 1250. The van der Waals surface area contributed by atoms with Gasteiger partial charge >= 0.3 is 0 Å². The first kappa shape index (κ1) is 23.8. The van der Waals surface area contributed by atoms with Gasteiger partial charge in [0.05, 0.1) is 29.4 Å². The maximum atomic E-state index is 13.2. The maximum Gasteiger partial charge on any atom is 0.276 e. The Morgan fingerprint density at radius 1 is 1.15 bits per heavy atom. The van der Waals surface area contributed by atoms with Gasteiger partial charge in [0.15, 0.2) is 16.9 Å². The van der Waals surface area contributed by atoms with Gasteiger partial charge in [-0.2, -0.15) is 0 Å². The minimum atomic E-state index is -0.341. The quantitative estimate of drug-likeness (QED) is 0.508. The lowest BCUT2D eigenvalue weighted by molar-refractivity contribution is 0.0538. The normalized spacial score (nSPS) is 15.4. The summed E-state index contributed by atoms with van der Waals surface area (Å²) >= 11 is 0. The number of carbonyl (C=O) groups is 1. The molecule has 1 aliphatic rings. The van der Waals surface area contributed by atoms with E-state index in [-0.39, 0.29) is 11.3 Å². The molecule has 1 fully saturated rings. The molecule has 0 aliphatic carbocycles. The van der Waals surface area contributed by atoms with E-state index < -0.39 is 0 Å². The summed E-state index contributed by atoms with van der Waals surface area (Å²) in [7, 11) is 1.41. The van der Waals surface area contributed by atoms with Crippen LogP contribution in [0.3, 0.4) is 0 Å². The average molecular weight is 464 g/mol. The van der Waals surface area contributed by atoms with Crippen molar-refractivity contribution in [2.75, 3.05) is 36.5 Å². The maximum absolute atomic E-state index is 13.2. The van der Waals surface area contributed by atoms with Crippen LogP contribution in [0.2, 0.25) is 0 Å². The summed E-state index contributed by atoms with van der Waals surface area (Å²) in [5.41, 5.74) is 6.04. The fraction of sp³-hybridized carbons (Fsp3) is 0.407. The van der Waals surface area contributed by atoms with Gasteiger partial charge < -0.3 is 14.2 Å². The third-order valence-corrected chi connectivity index (χ3v) is 6.61. The molecule has 0 unspecified atom stereocenters. The van der Waals surface area contributed by atoms with Crippen molar-refractivity contribution in [2.24, 2.45) is 5.41 Å². The van der Waals surface area contributed by atoms with Crippen LogP contribution in [0.5, 0.6) is 0 Å². The smallest absolute Gasteiger partial charge is 0.276 e. The number of nitrogens with one attached hydrogen (secondary N) is 1. The fourth-order valence-electron chi connectivity index (χ4n) is 4.58. The molecule has 0 atom stereocenters. The van der Waals surface area contributed by atoms with Gasteiger partial charge in [0.25, 0.3) is 5.91 Å². The number of amides is 1. The monoisotopic (exact) mass is 463 g/mol. The summed E-state index contributed by atoms with van der Waals surface area (Å²) in [5.74, 6) is 0.256. The lowest BCUT2D eigenvalue weighted by atomic mass is 9.83. The molecular formula is C27H33N3O4. The summed E-state index contributed by atoms with van der Waals surface area (Å²) in [6.07, 6.45) is 2.08. The highest BCUT2D eigenvalue weighted by atomic mass is 16.6. The van der Waals surface area contributed by atoms with E-state index in [4.69, 9.17) is 9.25 Å². The van der Waals surface area contributed by atoms with E-state index in [2.05, 4.69) is 24.2 Å². The molecule has 3 aromatic rings. The van der Waals surface area contributed by atoms with Gasteiger partial charge in [-0.05, 0) is 61.9 Å². The minimum absolute atomic E-state index is 0.0625. The highest BCUT2D eigenvalue weighted by Gasteiger charge is 2.27. The summed E-state index contributed by atoms with van der Waals surface area (Å²) in [4.78, 5) is 34.9. The predicted octanol–water partition coefficient (Wildman–Crippen LogP) is 5.18. The van der Waals surface area contributed by atoms with Crippen molar-refractivity contribution in [1.82, 2.24) is 5.48 Å². The van der Waals surface area contributed by atoms with Crippen LogP contribution in [0.1, 0.15) is 49.5 Å². The highest BCUT2D eigenvalue weighted by molar-refractivity contribution is 6.02. The van der Waals surface area contributed by atoms with Crippen LogP contribution < -0.4 is 20.7 Å². The first-order valence-electron chi connectivity index (χ1n) is 11.8. The number of nitrogens with zero attached hydrogens (tertiary/aromatic N) is 2. The molecule has 1 aromatic heterocycles. The van der Waals surface area contributed by atoms with Gasteiger partial charge in [-0.3, -0.25) is 14.4 Å². The van der Waals surface area contributed by atoms with E-state index in [1.165, 1.54) is 7.11 Å². The Kier molecular flexibility index (Phi) is 6.66. The molecule has 1 aliphatic heterocycles. The van der Waals surface area contributed by atoms with E-state index in [9.17, 15) is 9.59 Å². The predicted molar refractivity (Wildman–Crippen MR) is 136 cm³/mol. The molecule has 0 bridgehead atoms. The zero-order valence-electron chi connectivity index (χ0n) is 20.6. The van der Waals surface area contributed by atoms with Crippen molar-refractivity contribution in [2.45, 2.75) is 40.5 Å². The van der Waals surface area contributed by atoms with Crippen molar-refractivity contribution in [3.63, 3.8) is 0 Å². The molecule has 1 amide bonds. The molecule has 4 rings (SSSR count). The van der Waals surface area contributed by atoms with E-state index in [1.54, 1.807) is 12.1 Å². The Balaban J connectivity index is 1.86. The molecular weight excluding hydrogens is 430 g/mol. The van der Waals surface area contributed by atoms with Gasteiger partial charge in [0.1, 0.15) is 0 Å². The molecule has 0 saturated carbocycles. The minimum Gasteiger partial charge on any atom is -0.438 e. The molecule has 7 nitrogen and oxygen atoms in total. The fourth-order valence-corrected chi connectivity index (χ4v) is 4.58. The second-order valence-corrected chi connectivity index (χ2v) is 9.66. The SMILES string of the molecule is CCN(c1ccccc1C(=O)NOC)c1cc(C)cc2c(=O)cc(N3CCC(C)(C)CC3)oc12. The third-order valence-electron chi connectivity index (χ3n) is 6.61. The van der Waals surface area contributed by atoms with Crippen molar-refractivity contribution in [1.29, 1.82) is 0 Å². The third kappa shape index (κ3) is 4.66. The number of carbonyl (C=O) groups excluding carboxylic acids is 1. The van der Waals surface area contributed by atoms with Gasteiger partial charge in [-0.25, -0.2) is 5.48 Å². The Morgan fingerprint density at radius 2 is 1.85 bits per heavy atom. The van der Waals surface area contributed by atoms with Crippen molar-refractivity contribution in [3.8, 4) is 0 Å². The second kappa shape index (κ2) is 9.50. The number of anilines is 3. The van der Waals surface area contributed by atoms with E-state index in [0.717, 1.165) is 37.2 Å². The van der Waals surface area contributed by atoms with Crippen molar-refractivity contribution >= 4 is 34.1 Å². The molecule has 2 aromatic carbocycles. The lowest BCUT2D eigenvalue weighted by Gasteiger charge is -2.37. The number of hydroxylamine groups is 1. The van der Waals surface area contributed by atoms with Crippen LogP contribution in [-0.2, 0) is 4.84 Å². The molecule has 180 valence electrons. The van der Waals surface area contributed by atoms with E-state index in [1.807, 2.05) is 49.1 Å². The number of hydrogen-bond donors (Lipinski definition) is 1. The summed E-state index contributed by atoms with van der Waals surface area (Å²) in [5, 5.41) is 0.536. The molecule has 0 spiro atoms. The molecule has 2 heterocycles. The number of hydrogen-bond acceptors (Lipinski definition) is 6. The first-order chi connectivity index (χ1) is 16.2. The first-order valence-corrected chi connectivity index (χ1v) is 11.8. The zero-order valence-corrected chi connectivity index (χ0v) is 20.6. The highest BCUT2D eigenvalue weighted by Crippen LogP contribution is 2.37. The zero-order chi connectivity index (χ0) is 24.5. The summed E-state index contributed by atoms with van der Waals surface area (Å²) < 4.78 is 6.45. The topological polar surface area (TPSA) is 75.0 Å². The van der Waals surface area contributed by atoms with Crippen LogP contribution >= 0.6 is 0 Å². The van der Waals surface area contributed by atoms with Crippen LogP contribution in [0.15, 0.2) is 51.7 Å². The van der Waals surface area contributed by atoms with Crippen LogP contribution in [0.25, 0.3) is 11.0 Å². The van der Waals surface area contributed by atoms with Crippen LogP contribution in [-0.4, -0.2) is 32.7 Å². The Hall–Kier alpha value is -3.32. The largest absolute Gasteiger partial charge is 0.438 e. The molecule has 7 heteroatoms. The van der Waals surface area contributed by atoms with Crippen molar-refractivity contribution < 1.29 is 14.0 Å². The number of rotatable bonds is 6.